The summed E-state index contributed by atoms with van der Waals surface area (Å²) in [4.78, 5) is 27.9. The number of rotatable bonds is 10. The van der Waals surface area contributed by atoms with Crippen molar-refractivity contribution in [2.75, 3.05) is 54.7 Å². The van der Waals surface area contributed by atoms with Gasteiger partial charge < -0.3 is 29.2 Å². The van der Waals surface area contributed by atoms with Gasteiger partial charge >= 0.3 is 0 Å². The van der Waals surface area contributed by atoms with Gasteiger partial charge in [-0.2, -0.15) is 0 Å². The minimum Gasteiger partial charge on any atom is -0.493 e. The Morgan fingerprint density at radius 3 is 2.21 bits per heavy atom. The van der Waals surface area contributed by atoms with Gasteiger partial charge in [0, 0.05) is 44.8 Å². The second-order valence-electron chi connectivity index (χ2n) is 8.03. The summed E-state index contributed by atoms with van der Waals surface area (Å²) >= 11 is 0. The Hall–Kier alpha value is -3.33. The highest BCUT2D eigenvalue weighted by atomic mass is 19.1. The van der Waals surface area contributed by atoms with Gasteiger partial charge in [0.15, 0.2) is 11.5 Å². The van der Waals surface area contributed by atoms with E-state index in [2.05, 4.69) is 5.32 Å². The van der Waals surface area contributed by atoms with Crippen LogP contribution in [0.1, 0.15) is 28.3 Å². The van der Waals surface area contributed by atoms with E-state index in [9.17, 15) is 14.0 Å². The molecule has 2 aromatic rings. The highest BCUT2D eigenvalue weighted by molar-refractivity contribution is 5.95. The lowest BCUT2D eigenvalue weighted by atomic mass is 9.88. The Balaban J connectivity index is 1.92. The highest BCUT2D eigenvalue weighted by Gasteiger charge is 2.41. The molecule has 34 heavy (non-hydrogen) atoms. The van der Waals surface area contributed by atoms with E-state index >= 15 is 0 Å². The fourth-order valence-corrected chi connectivity index (χ4v) is 4.22. The van der Waals surface area contributed by atoms with Gasteiger partial charge in [-0.15, -0.1) is 0 Å². The van der Waals surface area contributed by atoms with E-state index in [1.165, 1.54) is 45.6 Å². The zero-order valence-electron chi connectivity index (χ0n) is 19.9. The monoisotopic (exact) mass is 474 g/mol. The predicted octanol–water partition coefficient (Wildman–Crippen LogP) is 2.86. The van der Waals surface area contributed by atoms with Crippen LogP contribution in [0.4, 0.5) is 4.39 Å². The minimum atomic E-state index is -0.491. The third kappa shape index (κ3) is 5.59. The van der Waals surface area contributed by atoms with Gasteiger partial charge in [-0.3, -0.25) is 9.59 Å². The number of amides is 2. The first-order chi connectivity index (χ1) is 16.4. The standard InChI is InChI=1S/C25H31FN2O6/c1-31-11-5-10-27-24(29)20-15-28(25(30)16-6-8-18(26)9-7-16)14-19(20)17-12-21(32-2)23(34-4)22(13-17)33-3/h6-9,12-13,19-20H,5,10-11,14-15H2,1-4H3,(H,27,29)/t19-,20-/m1/s1. The molecule has 0 bridgehead atoms. The summed E-state index contributed by atoms with van der Waals surface area (Å²) in [5.41, 5.74) is 1.16. The zero-order chi connectivity index (χ0) is 24.7. The molecule has 0 aromatic heterocycles. The molecular weight excluding hydrogens is 443 g/mol. The lowest BCUT2D eigenvalue weighted by molar-refractivity contribution is -0.125. The van der Waals surface area contributed by atoms with E-state index in [1.807, 2.05) is 12.1 Å². The first-order valence-electron chi connectivity index (χ1n) is 11.0. The van der Waals surface area contributed by atoms with Crippen molar-refractivity contribution in [3.05, 3.63) is 53.3 Å². The number of nitrogens with one attached hydrogen (secondary N) is 1. The van der Waals surface area contributed by atoms with Gasteiger partial charge in [0.05, 0.1) is 27.2 Å². The van der Waals surface area contributed by atoms with Crippen molar-refractivity contribution in [3.8, 4) is 17.2 Å². The number of hydrogen-bond acceptors (Lipinski definition) is 6. The second kappa shape index (κ2) is 11.7. The van der Waals surface area contributed by atoms with Crippen LogP contribution in [0.2, 0.25) is 0 Å². The summed E-state index contributed by atoms with van der Waals surface area (Å²) in [7, 11) is 6.19. The van der Waals surface area contributed by atoms with Crippen LogP contribution in [-0.4, -0.2) is 71.4 Å². The molecule has 0 aliphatic carbocycles. The number of benzene rings is 2. The Labute approximate surface area is 198 Å². The number of methoxy groups -OCH3 is 4. The van der Waals surface area contributed by atoms with Crippen molar-refractivity contribution in [3.63, 3.8) is 0 Å². The number of likely N-dealkylation sites (tertiary alicyclic amines) is 1. The minimum absolute atomic E-state index is 0.149. The van der Waals surface area contributed by atoms with Crippen LogP contribution in [0.15, 0.2) is 36.4 Å². The third-order valence-corrected chi connectivity index (χ3v) is 5.97. The lowest BCUT2D eigenvalue weighted by Gasteiger charge is -2.21. The fourth-order valence-electron chi connectivity index (χ4n) is 4.22. The molecule has 1 aliphatic rings. The first-order valence-corrected chi connectivity index (χ1v) is 11.0. The fraction of sp³-hybridized carbons (Fsp3) is 0.440. The molecule has 2 aromatic carbocycles. The molecule has 1 heterocycles. The molecule has 0 spiro atoms. The molecule has 1 saturated heterocycles. The molecule has 2 amide bonds. The van der Waals surface area contributed by atoms with Crippen LogP contribution in [-0.2, 0) is 9.53 Å². The molecular formula is C25H31FN2O6. The molecule has 1 fully saturated rings. The quantitative estimate of drug-likeness (QED) is 0.533. The summed E-state index contributed by atoms with van der Waals surface area (Å²) in [6.07, 6.45) is 0.683. The third-order valence-electron chi connectivity index (χ3n) is 5.97. The van der Waals surface area contributed by atoms with Gasteiger partial charge in [0.25, 0.3) is 5.91 Å². The van der Waals surface area contributed by atoms with Crippen LogP contribution in [0.5, 0.6) is 17.2 Å². The van der Waals surface area contributed by atoms with E-state index in [-0.39, 0.29) is 24.3 Å². The van der Waals surface area contributed by atoms with Crippen molar-refractivity contribution in [2.24, 2.45) is 5.92 Å². The topological polar surface area (TPSA) is 86.3 Å². The van der Waals surface area contributed by atoms with E-state index < -0.39 is 11.7 Å². The van der Waals surface area contributed by atoms with Crippen molar-refractivity contribution in [1.82, 2.24) is 10.2 Å². The summed E-state index contributed by atoms with van der Waals surface area (Å²) in [6, 6.07) is 9.01. The molecule has 1 N–H and O–H groups in total. The lowest BCUT2D eigenvalue weighted by Crippen LogP contribution is -2.36. The predicted molar refractivity (Wildman–Crippen MR) is 124 cm³/mol. The average Bonchev–Trinajstić information content (AvgIpc) is 3.31. The Morgan fingerprint density at radius 2 is 1.65 bits per heavy atom. The first kappa shape index (κ1) is 25.3. The van der Waals surface area contributed by atoms with Crippen LogP contribution >= 0.6 is 0 Å². The molecule has 184 valence electrons. The normalized spacial score (nSPS) is 17.4. The van der Waals surface area contributed by atoms with E-state index in [4.69, 9.17) is 18.9 Å². The maximum Gasteiger partial charge on any atom is 0.253 e. The van der Waals surface area contributed by atoms with Gasteiger partial charge in [-0.05, 0) is 48.4 Å². The molecule has 3 rings (SSSR count). The van der Waals surface area contributed by atoms with E-state index in [1.54, 1.807) is 12.0 Å². The molecule has 0 unspecified atom stereocenters. The van der Waals surface area contributed by atoms with Crippen molar-refractivity contribution in [1.29, 1.82) is 0 Å². The van der Waals surface area contributed by atoms with E-state index in [0.717, 1.165) is 5.56 Å². The number of ether oxygens (including phenoxy) is 4. The Bertz CT molecular complexity index is 972. The molecule has 9 heteroatoms. The number of hydrogen-bond donors (Lipinski definition) is 1. The van der Waals surface area contributed by atoms with Crippen LogP contribution < -0.4 is 19.5 Å². The molecule has 0 radical (unpaired) electrons. The van der Waals surface area contributed by atoms with Crippen LogP contribution in [0.3, 0.4) is 0 Å². The molecule has 0 saturated carbocycles. The number of halogens is 1. The molecule has 1 aliphatic heterocycles. The van der Waals surface area contributed by atoms with Crippen LogP contribution in [0.25, 0.3) is 0 Å². The van der Waals surface area contributed by atoms with Gasteiger partial charge in [-0.1, -0.05) is 0 Å². The Kier molecular flexibility index (Phi) is 8.70. The van der Waals surface area contributed by atoms with Gasteiger partial charge in [-0.25, -0.2) is 4.39 Å². The highest BCUT2D eigenvalue weighted by Crippen LogP contribution is 2.43. The molecule has 2 atom stereocenters. The SMILES string of the molecule is COCCCNC(=O)[C@@H]1CN(C(=O)c2ccc(F)cc2)C[C@@H]1c1cc(OC)c(OC)c(OC)c1. The van der Waals surface area contributed by atoms with Gasteiger partial charge in [0.1, 0.15) is 5.82 Å². The van der Waals surface area contributed by atoms with Crippen molar-refractivity contribution in [2.45, 2.75) is 12.3 Å². The smallest absolute Gasteiger partial charge is 0.253 e. The zero-order valence-corrected chi connectivity index (χ0v) is 19.9. The largest absolute Gasteiger partial charge is 0.493 e. The van der Waals surface area contributed by atoms with Crippen molar-refractivity contribution >= 4 is 11.8 Å². The Morgan fingerprint density at radius 1 is 1.00 bits per heavy atom. The molecule has 8 nitrogen and oxygen atoms in total. The number of nitrogens with zero attached hydrogens (tertiary/aromatic N) is 1. The van der Waals surface area contributed by atoms with Gasteiger partial charge in [0.2, 0.25) is 11.7 Å². The summed E-state index contributed by atoms with van der Waals surface area (Å²) in [5, 5.41) is 2.95. The second-order valence-corrected chi connectivity index (χ2v) is 8.03. The summed E-state index contributed by atoms with van der Waals surface area (Å²) in [5.74, 6) is -0.223. The maximum atomic E-state index is 13.3. The maximum absolute atomic E-state index is 13.3. The van der Waals surface area contributed by atoms with Crippen molar-refractivity contribution < 1.29 is 32.9 Å². The van der Waals surface area contributed by atoms with Crippen LogP contribution in [0, 0.1) is 11.7 Å². The van der Waals surface area contributed by atoms with E-state index in [0.29, 0.717) is 48.9 Å². The average molecular weight is 475 g/mol. The summed E-state index contributed by atoms with van der Waals surface area (Å²) < 4.78 is 34.8. The number of carbonyl (C=O) groups excluding carboxylic acids is 2. The number of carbonyl (C=O) groups is 2. The summed E-state index contributed by atoms with van der Waals surface area (Å²) in [6.45, 7) is 1.55.